The number of carbonyl (C=O) groups is 1. The molecule has 1 saturated heterocycles. The predicted octanol–water partition coefficient (Wildman–Crippen LogP) is 3.06. The lowest BCUT2D eigenvalue weighted by atomic mass is 10.1. The second-order valence-corrected chi connectivity index (χ2v) is 11.6. The molecular formula is C19H33N3O4S2. The van der Waals surface area contributed by atoms with Gasteiger partial charge in [0.25, 0.3) is 5.22 Å². The molecule has 9 heteroatoms. The Morgan fingerprint density at radius 1 is 1.18 bits per heavy atom. The maximum atomic E-state index is 12.6. The van der Waals surface area contributed by atoms with Crippen LogP contribution in [0.25, 0.3) is 0 Å². The molecule has 0 radical (unpaired) electrons. The van der Waals surface area contributed by atoms with Crippen LogP contribution in [0.4, 0.5) is 0 Å². The van der Waals surface area contributed by atoms with E-state index >= 15 is 0 Å². The van der Waals surface area contributed by atoms with Crippen molar-refractivity contribution in [3.63, 3.8) is 0 Å². The standard InChI is InChI=1S/C19H33N3O4S2/c1-14(2)5-8-22(9-6-15(3)4)18(23)12-27-19-21-20-17(26-19)11-16-7-10-28(24,25)13-16/h14-16H,5-13H2,1-4H3. The molecule has 1 amide bonds. The van der Waals surface area contributed by atoms with Crippen molar-refractivity contribution in [2.45, 2.75) is 58.6 Å². The van der Waals surface area contributed by atoms with Crippen LogP contribution in [-0.2, 0) is 21.1 Å². The van der Waals surface area contributed by atoms with Crippen LogP contribution >= 0.6 is 11.8 Å². The third-order valence-electron chi connectivity index (χ3n) is 4.86. The summed E-state index contributed by atoms with van der Waals surface area (Å²) in [6.07, 6.45) is 3.11. The molecule has 28 heavy (non-hydrogen) atoms. The molecule has 1 unspecified atom stereocenters. The van der Waals surface area contributed by atoms with Gasteiger partial charge in [0, 0.05) is 19.5 Å². The van der Waals surface area contributed by atoms with Gasteiger partial charge < -0.3 is 9.32 Å². The SMILES string of the molecule is CC(C)CCN(CCC(C)C)C(=O)CSc1nnc(CC2CCS(=O)(=O)C2)o1. The fourth-order valence-corrected chi connectivity index (χ4v) is 5.61. The molecule has 0 saturated carbocycles. The average molecular weight is 432 g/mol. The van der Waals surface area contributed by atoms with Crippen molar-refractivity contribution in [3.8, 4) is 0 Å². The van der Waals surface area contributed by atoms with Gasteiger partial charge in [-0.1, -0.05) is 39.5 Å². The van der Waals surface area contributed by atoms with Crippen molar-refractivity contribution in [2.24, 2.45) is 17.8 Å². The maximum Gasteiger partial charge on any atom is 0.277 e. The molecule has 2 rings (SSSR count). The molecule has 1 atom stereocenters. The molecule has 0 spiro atoms. The lowest BCUT2D eigenvalue weighted by Crippen LogP contribution is -2.35. The Morgan fingerprint density at radius 2 is 1.82 bits per heavy atom. The lowest BCUT2D eigenvalue weighted by Gasteiger charge is -2.24. The minimum absolute atomic E-state index is 0.0486. The largest absolute Gasteiger partial charge is 0.416 e. The molecule has 7 nitrogen and oxygen atoms in total. The van der Waals surface area contributed by atoms with Crippen LogP contribution in [-0.4, -0.2) is 59.8 Å². The van der Waals surface area contributed by atoms with Crippen LogP contribution in [0.1, 0.15) is 52.8 Å². The molecule has 1 aliphatic heterocycles. The van der Waals surface area contributed by atoms with Gasteiger partial charge in [0.05, 0.1) is 17.3 Å². The van der Waals surface area contributed by atoms with Crippen molar-refractivity contribution >= 4 is 27.5 Å². The molecular weight excluding hydrogens is 398 g/mol. The zero-order valence-electron chi connectivity index (χ0n) is 17.4. The van der Waals surface area contributed by atoms with E-state index in [-0.39, 0.29) is 29.1 Å². The van der Waals surface area contributed by atoms with Crippen LogP contribution in [0, 0.1) is 17.8 Å². The number of aromatic nitrogens is 2. The zero-order valence-corrected chi connectivity index (χ0v) is 19.0. The van der Waals surface area contributed by atoms with Gasteiger partial charge in [-0.3, -0.25) is 4.79 Å². The molecule has 1 aromatic rings. The van der Waals surface area contributed by atoms with E-state index in [4.69, 9.17) is 4.42 Å². The number of carbonyl (C=O) groups excluding carboxylic acids is 1. The van der Waals surface area contributed by atoms with Gasteiger partial charge >= 0.3 is 0 Å². The van der Waals surface area contributed by atoms with Crippen molar-refractivity contribution < 1.29 is 17.6 Å². The Labute approximate surface area is 173 Å². The third-order valence-corrected chi connectivity index (χ3v) is 7.50. The van der Waals surface area contributed by atoms with Gasteiger partial charge in [0.1, 0.15) is 0 Å². The fraction of sp³-hybridized carbons (Fsp3) is 0.842. The highest BCUT2D eigenvalue weighted by Crippen LogP contribution is 2.24. The van der Waals surface area contributed by atoms with Crippen LogP contribution in [0.5, 0.6) is 0 Å². The minimum atomic E-state index is -2.91. The lowest BCUT2D eigenvalue weighted by molar-refractivity contribution is -0.128. The number of thioether (sulfide) groups is 1. The van der Waals surface area contributed by atoms with Crippen molar-refractivity contribution in [2.75, 3.05) is 30.3 Å². The van der Waals surface area contributed by atoms with E-state index in [1.165, 1.54) is 11.8 Å². The molecule has 0 aromatic carbocycles. The summed E-state index contributed by atoms with van der Waals surface area (Å²) in [4.78, 5) is 14.6. The molecule has 0 bridgehead atoms. The van der Waals surface area contributed by atoms with Crippen molar-refractivity contribution in [1.29, 1.82) is 0 Å². The van der Waals surface area contributed by atoms with E-state index in [2.05, 4.69) is 37.9 Å². The highest BCUT2D eigenvalue weighted by atomic mass is 32.2. The van der Waals surface area contributed by atoms with Crippen LogP contribution in [0.2, 0.25) is 0 Å². The Bertz CT molecular complexity index is 719. The number of rotatable bonds is 11. The summed E-state index contributed by atoms with van der Waals surface area (Å²) in [5.74, 6) is 2.41. The Kier molecular flexibility index (Phi) is 8.80. The van der Waals surface area contributed by atoms with Gasteiger partial charge in [-0.05, 0) is 37.0 Å². The first-order valence-corrected chi connectivity index (χ1v) is 12.9. The Hall–Kier alpha value is -1.09. The summed E-state index contributed by atoms with van der Waals surface area (Å²) in [7, 11) is -2.91. The van der Waals surface area contributed by atoms with E-state index in [1.54, 1.807) is 0 Å². The molecule has 160 valence electrons. The second kappa shape index (κ2) is 10.6. The summed E-state index contributed by atoms with van der Waals surface area (Å²) in [5, 5.41) is 8.38. The van der Waals surface area contributed by atoms with E-state index in [1.807, 2.05) is 4.90 Å². The summed E-state index contributed by atoms with van der Waals surface area (Å²) in [6.45, 7) is 10.2. The number of hydrogen-bond acceptors (Lipinski definition) is 7. The second-order valence-electron chi connectivity index (χ2n) is 8.47. The predicted molar refractivity (Wildman–Crippen MR) is 111 cm³/mol. The fourth-order valence-electron chi connectivity index (χ4n) is 3.06. The van der Waals surface area contributed by atoms with Crippen LogP contribution in [0.3, 0.4) is 0 Å². The van der Waals surface area contributed by atoms with Gasteiger partial charge in [-0.2, -0.15) is 0 Å². The maximum absolute atomic E-state index is 12.6. The van der Waals surface area contributed by atoms with E-state index in [0.717, 1.165) is 25.9 Å². The van der Waals surface area contributed by atoms with Crippen LogP contribution < -0.4 is 0 Å². The molecule has 0 aliphatic carbocycles. The number of hydrogen-bond donors (Lipinski definition) is 0. The van der Waals surface area contributed by atoms with Gasteiger partial charge in [0.15, 0.2) is 9.84 Å². The van der Waals surface area contributed by atoms with Crippen LogP contribution in [0.15, 0.2) is 9.64 Å². The molecule has 1 aliphatic rings. The summed E-state index contributed by atoms with van der Waals surface area (Å²) in [5.41, 5.74) is 0. The van der Waals surface area contributed by atoms with E-state index in [0.29, 0.717) is 35.8 Å². The summed E-state index contributed by atoms with van der Waals surface area (Å²) < 4.78 is 28.7. The molecule has 2 heterocycles. The first kappa shape index (κ1) is 23.2. The van der Waals surface area contributed by atoms with E-state index < -0.39 is 9.84 Å². The first-order chi connectivity index (χ1) is 13.1. The number of amides is 1. The number of sulfone groups is 1. The zero-order chi connectivity index (χ0) is 20.7. The molecule has 1 fully saturated rings. The smallest absolute Gasteiger partial charge is 0.277 e. The quantitative estimate of drug-likeness (QED) is 0.497. The highest BCUT2D eigenvalue weighted by Gasteiger charge is 2.29. The Balaban J connectivity index is 1.83. The minimum Gasteiger partial charge on any atom is -0.416 e. The van der Waals surface area contributed by atoms with E-state index in [9.17, 15) is 13.2 Å². The van der Waals surface area contributed by atoms with Crippen molar-refractivity contribution in [1.82, 2.24) is 15.1 Å². The highest BCUT2D eigenvalue weighted by molar-refractivity contribution is 7.99. The van der Waals surface area contributed by atoms with Gasteiger partial charge in [-0.15, -0.1) is 10.2 Å². The summed E-state index contributed by atoms with van der Waals surface area (Å²) >= 11 is 1.25. The van der Waals surface area contributed by atoms with Crippen molar-refractivity contribution in [3.05, 3.63) is 5.89 Å². The van der Waals surface area contributed by atoms with Gasteiger partial charge in [-0.25, -0.2) is 8.42 Å². The normalized spacial score (nSPS) is 18.9. The number of nitrogens with zero attached hydrogens (tertiary/aromatic N) is 3. The molecule has 0 N–H and O–H groups in total. The first-order valence-electron chi connectivity index (χ1n) is 10.1. The topological polar surface area (TPSA) is 93.4 Å². The third kappa shape index (κ3) is 8.11. The average Bonchev–Trinajstić information content (AvgIpc) is 3.18. The summed E-state index contributed by atoms with van der Waals surface area (Å²) in [6, 6.07) is 0. The molecule has 1 aromatic heterocycles. The van der Waals surface area contributed by atoms with Gasteiger partial charge in [0.2, 0.25) is 11.8 Å². The monoisotopic (exact) mass is 431 g/mol. The Morgan fingerprint density at radius 3 is 2.36 bits per heavy atom.